The molecule has 0 aromatic carbocycles. The van der Waals surface area contributed by atoms with Crippen LogP contribution in [0.3, 0.4) is 0 Å². The largest absolute Gasteiger partial charge is 0.351 e. The second-order valence-corrected chi connectivity index (χ2v) is 5.70. The van der Waals surface area contributed by atoms with E-state index in [2.05, 4.69) is 10.3 Å². The summed E-state index contributed by atoms with van der Waals surface area (Å²) in [5.74, 6) is 0.0368. The first-order valence-electron chi connectivity index (χ1n) is 6.42. The minimum absolute atomic E-state index is 0.0368. The Morgan fingerprint density at radius 3 is 3.10 bits per heavy atom. The minimum Gasteiger partial charge on any atom is -0.351 e. The molecule has 5 heteroatoms. The van der Waals surface area contributed by atoms with E-state index < -0.39 is 0 Å². The summed E-state index contributed by atoms with van der Waals surface area (Å²) in [4.78, 5) is 17.5. The average Bonchev–Trinajstić information content (AvgIpc) is 3.07. The van der Waals surface area contributed by atoms with Gasteiger partial charge in [0.05, 0.1) is 13.0 Å². The molecule has 0 aliphatic carbocycles. The predicted molar refractivity (Wildman–Crippen MR) is 80.6 cm³/mol. The first-order valence-corrected chi connectivity index (χ1v) is 7.30. The maximum Gasteiger partial charge on any atom is 0.224 e. The second-order valence-electron chi connectivity index (χ2n) is 4.67. The van der Waals surface area contributed by atoms with Crippen LogP contribution in [-0.2, 0) is 24.8 Å². The first kappa shape index (κ1) is 12.9. The zero-order valence-electron chi connectivity index (χ0n) is 11.2. The van der Waals surface area contributed by atoms with Gasteiger partial charge < -0.3 is 9.88 Å². The van der Waals surface area contributed by atoms with Crippen LogP contribution in [0.1, 0.15) is 10.4 Å². The molecule has 0 radical (unpaired) electrons. The van der Waals surface area contributed by atoms with Crippen molar-refractivity contribution in [3.63, 3.8) is 0 Å². The Hall–Kier alpha value is -2.14. The van der Waals surface area contributed by atoms with Crippen molar-refractivity contribution >= 4 is 28.3 Å². The Kier molecular flexibility index (Phi) is 3.52. The summed E-state index contributed by atoms with van der Waals surface area (Å²) >= 11 is 1.65. The molecule has 3 rings (SSSR count). The molecule has 0 bridgehead atoms. The monoisotopic (exact) mass is 285 g/mol. The molecule has 102 valence electrons. The summed E-state index contributed by atoms with van der Waals surface area (Å²) in [5, 5.41) is 6.00. The van der Waals surface area contributed by atoms with Gasteiger partial charge in [0, 0.05) is 29.7 Å². The molecule has 3 heterocycles. The number of aromatic nitrogens is 2. The van der Waals surface area contributed by atoms with Crippen LogP contribution in [0, 0.1) is 0 Å². The number of aryl methyl sites for hydroxylation is 1. The van der Waals surface area contributed by atoms with Crippen molar-refractivity contribution in [3.8, 4) is 0 Å². The number of hydrogen-bond donors (Lipinski definition) is 1. The van der Waals surface area contributed by atoms with Gasteiger partial charge in [0.2, 0.25) is 5.91 Å². The zero-order chi connectivity index (χ0) is 13.9. The van der Waals surface area contributed by atoms with Crippen LogP contribution in [-0.4, -0.2) is 15.5 Å². The van der Waals surface area contributed by atoms with Crippen molar-refractivity contribution in [1.82, 2.24) is 14.9 Å². The van der Waals surface area contributed by atoms with Gasteiger partial charge in [-0.3, -0.25) is 4.79 Å². The SMILES string of the molecule is Cn1cc(CC(=O)NCc2cccs2)c2cccnc21. The number of thiophene rings is 1. The molecular formula is C15H15N3OS. The first-order chi connectivity index (χ1) is 9.74. The Balaban J connectivity index is 1.71. The molecule has 3 aromatic rings. The summed E-state index contributed by atoms with van der Waals surface area (Å²) in [6.07, 6.45) is 4.12. The van der Waals surface area contributed by atoms with Crippen molar-refractivity contribution in [1.29, 1.82) is 0 Å². The number of carbonyl (C=O) groups is 1. The van der Waals surface area contributed by atoms with E-state index in [0.717, 1.165) is 21.5 Å². The van der Waals surface area contributed by atoms with Gasteiger partial charge in [0.1, 0.15) is 5.65 Å². The van der Waals surface area contributed by atoms with Crippen LogP contribution in [0.25, 0.3) is 11.0 Å². The minimum atomic E-state index is 0.0368. The number of pyridine rings is 1. The van der Waals surface area contributed by atoms with Crippen LogP contribution >= 0.6 is 11.3 Å². The molecule has 0 saturated heterocycles. The van der Waals surface area contributed by atoms with E-state index in [9.17, 15) is 4.79 Å². The van der Waals surface area contributed by atoms with E-state index in [1.807, 2.05) is 47.5 Å². The van der Waals surface area contributed by atoms with E-state index in [1.165, 1.54) is 0 Å². The lowest BCUT2D eigenvalue weighted by molar-refractivity contribution is -0.120. The molecule has 3 aromatic heterocycles. The standard InChI is InChI=1S/C15H15N3OS/c1-18-10-11(13-5-2-6-16-15(13)18)8-14(19)17-9-12-4-3-7-20-12/h2-7,10H,8-9H2,1H3,(H,17,19). The van der Waals surface area contributed by atoms with Gasteiger partial charge in [-0.2, -0.15) is 0 Å². The Morgan fingerprint density at radius 1 is 1.40 bits per heavy atom. The lowest BCUT2D eigenvalue weighted by Gasteiger charge is -2.02. The molecule has 4 nitrogen and oxygen atoms in total. The van der Waals surface area contributed by atoms with Crippen LogP contribution in [0.15, 0.2) is 42.0 Å². The molecule has 1 amide bonds. The molecule has 0 fully saturated rings. The van der Waals surface area contributed by atoms with Gasteiger partial charge >= 0.3 is 0 Å². The van der Waals surface area contributed by atoms with Crippen LogP contribution in [0.2, 0.25) is 0 Å². The van der Waals surface area contributed by atoms with E-state index in [1.54, 1.807) is 17.5 Å². The highest BCUT2D eigenvalue weighted by atomic mass is 32.1. The fourth-order valence-electron chi connectivity index (χ4n) is 2.27. The van der Waals surface area contributed by atoms with Gasteiger partial charge in [-0.1, -0.05) is 6.07 Å². The predicted octanol–water partition coefficient (Wildman–Crippen LogP) is 2.49. The Morgan fingerprint density at radius 2 is 2.30 bits per heavy atom. The molecule has 1 N–H and O–H groups in total. The topological polar surface area (TPSA) is 46.9 Å². The molecule has 0 aliphatic heterocycles. The van der Waals surface area contributed by atoms with Crippen molar-refractivity contribution in [2.75, 3.05) is 0 Å². The normalized spacial score (nSPS) is 10.8. The number of hydrogen-bond acceptors (Lipinski definition) is 3. The number of fused-ring (bicyclic) bond motifs is 1. The van der Waals surface area contributed by atoms with E-state index in [-0.39, 0.29) is 5.91 Å². The van der Waals surface area contributed by atoms with E-state index >= 15 is 0 Å². The van der Waals surface area contributed by atoms with Crippen molar-refractivity contribution < 1.29 is 4.79 Å². The lowest BCUT2D eigenvalue weighted by Crippen LogP contribution is -2.24. The molecule has 0 aliphatic rings. The lowest BCUT2D eigenvalue weighted by atomic mass is 10.1. The number of carbonyl (C=O) groups excluding carboxylic acids is 1. The molecule has 20 heavy (non-hydrogen) atoms. The molecular weight excluding hydrogens is 270 g/mol. The van der Waals surface area contributed by atoms with Gasteiger partial charge in [-0.25, -0.2) is 4.98 Å². The van der Waals surface area contributed by atoms with Gasteiger partial charge in [0.25, 0.3) is 0 Å². The summed E-state index contributed by atoms with van der Waals surface area (Å²) in [6, 6.07) is 7.91. The number of nitrogens with zero attached hydrogens (tertiary/aromatic N) is 2. The van der Waals surface area contributed by atoms with Crippen molar-refractivity contribution in [3.05, 3.63) is 52.5 Å². The number of rotatable bonds is 4. The third-order valence-corrected chi connectivity index (χ3v) is 4.08. The highest BCUT2D eigenvalue weighted by Crippen LogP contribution is 2.18. The highest BCUT2D eigenvalue weighted by Gasteiger charge is 2.11. The Bertz CT molecular complexity index is 731. The number of amides is 1. The number of nitrogens with one attached hydrogen (secondary N) is 1. The fraction of sp³-hybridized carbons (Fsp3) is 0.200. The van der Waals surface area contributed by atoms with Crippen LogP contribution in [0.5, 0.6) is 0 Å². The van der Waals surface area contributed by atoms with Gasteiger partial charge in [-0.05, 0) is 29.1 Å². The Labute approximate surface area is 121 Å². The third-order valence-electron chi connectivity index (χ3n) is 3.21. The van der Waals surface area contributed by atoms with E-state index in [4.69, 9.17) is 0 Å². The van der Waals surface area contributed by atoms with Gasteiger partial charge in [-0.15, -0.1) is 11.3 Å². The smallest absolute Gasteiger partial charge is 0.224 e. The fourth-order valence-corrected chi connectivity index (χ4v) is 2.91. The third kappa shape index (κ3) is 2.58. The summed E-state index contributed by atoms with van der Waals surface area (Å²) in [6.45, 7) is 0.597. The molecule has 0 atom stereocenters. The van der Waals surface area contributed by atoms with Gasteiger partial charge in [0.15, 0.2) is 0 Å². The van der Waals surface area contributed by atoms with Crippen molar-refractivity contribution in [2.24, 2.45) is 7.05 Å². The summed E-state index contributed by atoms with van der Waals surface area (Å²) < 4.78 is 1.96. The van der Waals surface area contributed by atoms with E-state index in [0.29, 0.717) is 13.0 Å². The molecule has 0 saturated carbocycles. The molecule has 0 spiro atoms. The highest BCUT2D eigenvalue weighted by molar-refractivity contribution is 7.09. The van der Waals surface area contributed by atoms with Crippen LogP contribution < -0.4 is 5.32 Å². The zero-order valence-corrected chi connectivity index (χ0v) is 12.0. The summed E-state index contributed by atoms with van der Waals surface area (Å²) in [5.41, 5.74) is 1.92. The summed E-state index contributed by atoms with van der Waals surface area (Å²) in [7, 11) is 1.95. The average molecular weight is 285 g/mol. The van der Waals surface area contributed by atoms with Crippen molar-refractivity contribution in [2.45, 2.75) is 13.0 Å². The maximum atomic E-state index is 12.0. The van der Waals surface area contributed by atoms with Crippen LogP contribution in [0.4, 0.5) is 0 Å². The quantitative estimate of drug-likeness (QED) is 0.800. The molecule has 0 unspecified atom stereocenters. The second kappa shape index (κ2) is 5.46. The maximum absolute atomic E-state index is 12.0.